The Morgan fingerprint density at radius 1 is 1.06 bits per heavy atom. The van der Waals surface area contributed by atoms with Crippen LogP contribution in [0.4, 0.5) is 11.4 Å². The number of aromatic nitrogens is 1. The highest BCUT2D eigenvalue weighted by Gasteiger charge is 2.17. The van der Waals surface area contributed by atoms with Gasteiger partial charge in [0.05, 0.1) is 15.1 Å². The van der Waals surface area contributed by atoms with Gasteiger partial charge in [0.15, 0.2) is 5.57 Å². The fourth-order valence-electron chi connectivity index (χ4n) is 3.55. The zero-order chi connectivity index (χ0) is 25.8. The van der Waals surface area contributed by atoms with E-state index in [1.54, 1.807) is 42.5 Å². The Kier molecular flexibility index (Phi) is 6.90. The average Bonchev–Trinajstić information content (AvgIpc) is 3.17. The van der Waals surface area contributed by atoms with Crippen LogP contribution in [-0.2, 0) is 4.79 Å². The molecule has 0 atom stereocenters. The van der Waals surface area contributed by atoms with E-state index in [4.69, 9.17) is 0 Å². The summed E-state index contributed by atoms with van der Waals surface area (Å²) in [5.41, 5.74) is 2.74. The van der Waals surface area contributed by atoms with Crippen LogP contribution in [-0.4, -0.2) is 15.4 Å². The van der Waals surface area contributed by atoms with Crippen LogP contribution in [0.5, 0.6) is 0 Å². The summed E-state index contributed by atoms with van der Waals surface area (Å²) in [7, 11) is 0. The van der Waals surface area contributed by atoms with Crippen LogP contribution in [0.15, 0.2) is 77.6 Å². The maximum Gasteiger partial charge on any atom is 0.273 e. The molecule has 0 fully saturated rings. The number of nitrogens with zero attached hydrogens (tertiary/aromatic N) is 3. The summed E-state index contributed by atoms with van der Waals surface area (Å²) in [4.78, 5) is 37.2. The number of nitro groups is 1. The Hall–Kier alpha value is -4.81. The third-order valence-electron chi connectivity index (χ3n) is 5.53. The monoisotopic (exact) mass is 496 g/mol. The molecular weight excluding hydrogens is 476 g/mol. The van der Waals surface area contributed by atoms with Crippen molar-refractivity contribution in [2.75, 3.05) is 5.32 Å². The van der Waals surface area contributed by atoms with Gasteiger partial charge in [0.1, 0.15) is 10.7 Å². The average molecular weight is 497 g/mol. The van der Waals surface area contributed by atoms with Crippen molar-refractivity contribution in [1.82, 2.24) is 4.57 Å². The third kappa shape index (κ3) is 4.99. The van der Waals surface area contributed by atoms with Crippen molar-refractivity contribution in [2.24, 2.45) is 0 Å². The molecule has 0 radical (unpaired) electrons. The number of aryl methyl sites for hydroxylation is 2. The number of rotatable bonds is 5. The van der Waals surface area contributed by atoms with Crippen molar-refractivity contribution in [3.8, 4) is 11.8 Å². The molecule has 0 bridgehead atoms. The number of non-ortho nitro benzene ring substituents is 1. The minimum absolute atomic E-state index is 0.110. The molecule has 8 nitrogen and oxygen atoms in total. The molecule has 0 saturated carbocycles. The van der Waals surface area contributed by atoms with Gasteiger partial charge in [-0.1, -0.05) is 36.4 Å². The lowest BCUT2D eigenvalue weighted by Gasteiger charge is -2.07. The van der Waals surface area contributed by atoms with Crippen molar-refractivity contribution in [3.63, 3.8) is 0 Å². The first-order valence-corrected chi connectivity index (χ1v) is 11.7. The van der Waals surface area contributed by atoms with Gasteiger partial charge in [0.2, 0.25) is 0 Å². The number of para-hydroxylation sites is 1. The molecule has 0 aliphatic heterocycles. The Morgan fingerprint density at radius 2 is 1.81 bits per heavy atom. The van der Waals surface area contributed by atoms with E-state index >= 15 is 0 Å². The number of thiazole rings is 1. The number of amides is 1. The van der Waals surface area contributed by atoms with Gasteiger partial charge in [0.25, 0.3) is 17.2 Å². The summed E-state index contributed by atoms with van der Waals surface area (Å²) in [6.45, 7) is 3.87. The fourth-order valence-corrected chi connectivity index (χ4v) is 4.65. The molecule has 0 saturated heterocycles. The van der Waals surface area contributed by atoms with E-state index < -0.39 is 16.4 Å². The van der Waals surface area contributed by atoms with E-state index in [0.717, 1.165) is 22.5 Å². The predicted molar refractivity (Wildman–Crippen MR) is 139 cm³/mol. The first kappa shape index (κ1) is 24.3. The molecule has 178 valence electrons. The summed E-state index contributed by atoms with van der Waals surface area (Å²) < 4.78 is 1.69. The molecule has 0 aliphatic rings. The van der Waals surface area contributed by atoms with E-state index in [9.17, 15) is 25.0 Å². The van der Waals surface area contributed by atoms with Crippen LogP contribution in [0.3, 0.4) is 0 Å². The lowest BCUT2D eigenvalue weighted by Crippen LogP contribution is -2.32. The van der Waals surface area contributed by atoms with Crippen molar-refractivity contribution in [3.05, 3.63) is 119 Å². The number of carbonyl (C=O) groups excluding carboxylic acids is 1. The second kappa shape index (κ2) is 10.2. The molecule has 3 aromatic carbocycles. The molecular formula is C27H20N4O4S. The highest BCUT2D eigenvalue weighted by Crippen LogP contribution is 2.16. The number of nitrogens with one attached hydrogen (secondary N) is 1. The van der Waals surface area contributed by atoms with Gasteiger partial charge in [-0.2, -0.15) is 5.26 Å². The van der Waals surface area contributed by atoms with Gasteiger partial charge in [0, 0.05) is 17.8 Å². The summed E-state index contributed by atoms with van der Waals surface area (Å²) in [5.74, 6) is -0.645. The van der Waals surface area contributed by atoms with Gasteiger partial charge >= 0.3 is 0 Å². The Balaban J connectivity index is 1.94. The Labute approximate surface area is 209 Å². The minimum Gasteiger partial charge on any atom is -0.321 e. The first-order valence-electron chi connectivity index (χ1n) is 10.8. The van der Waals surface area contributed by atoms with Crippen LogP contribution < -0.4 is 20.1 Å². The molecule has 0 aliphatic carbocycles. The largest absolute Gasteiger partial charge is 0.321 e. The third-order valence-corrected chi connectivity index (χ3v) is 6.63. The SMILES string of the molecule is Cc1ccc(NC(=O)C(C#N)=c2sc(=Cc3cccc([N+](=O)[O-])c3)c(=O)n2-c2ccccc2)cc1C. The van der Waals surface area contributed by atoms with Gasteiger partial charge in [-0.3, -0.25) is 24.3 Å². The summed E-state index contributed by atoms with van der Waals surface area (Å²) in [6.07, 6.45) is 1.51. The van der Waals surface area contributed by atoms with Gasteiger partial charge in [-0.25, -0.2) is 0 Å². The minimum atomic E-state index is -0.645. The number of carbonyl (C=O) groups is 1. The number of anilines is 1. The predicted octanol–water partition coefficient (Wildman–Crippen LogP) is 3.57. The zero-order valence-corrected chi connectivity index (χ0v) is 20.2. The molecule has 9 heteroatoms. The highest BCUT2D eigenvalue weighted by molar-refractivity contribution is 7.07. The highest BCUT2D eigenvalue weighted by atomic mass is 32.1. The summed E-state index contributed by atoms with van der Waals surface area (Å²) in [6, 6.07) is 21.9. The zero-order valence-electron chi connectivity index (χ0n) is 19.4. The number of benzene rings is 3. The molecule has 0 unspecified atom stereocenters. The van der Waals surface area contributed by atoms with Crippen LogP contribution in [0.25, 0.3) is 17.3 Å². The summed E-state index contributed by atoms with van der Waals surface area (Å²) >= 11 is 0.972. The van der Waals surface area contributed by atoms with Crippen LogP contribution in [0.1, 0.15) is 16.7 Å². The Morgan fingerprint density at radius 3 is 2.47 bits per heavy atom. The standard InChI is InChI=1S/C27H20N4O4S/c1-17-11-12-20(13-18(17)2)29-25(32)23(16-28)27-30(21-8-4-3-5-9-21)26(33)24(36-27)15-19-7-6-10-22(14-19)31(34)35/h3-15H,1-2H3,(H,29,32). The van der Waals surface area contributed by atoms with E-state index in [1.807, 2.05) is 32.0 Å². The quantitative estimate of drug-likeness (QED) is 0.335. The van der Waals surface area contributed by atoms with Gasteiger partial charge in [-0.05, 0) is 60.9 Å². The molecule has 1 heterocycles. The molecule has 4 rings (SSSR count). The van der Waals surface area contributed by atoms with Gasteiger partial charge in [-0.15, -0.1) is 11.3 Å². The van der Waals surface area contributed by atoms with E-state index in [2.05, 4.69) is 5.32 Å². The van der Waals surface area contributed by atoms with Crippen molar-refractivity contribution >= 4 is 40.3 Å². The van der Waals surface area contributed by atoms with Gasteiger partial charge < -0.3 is 5.32 Å². The van der Waals surface area contributed by atoms with E-state index in [0.29, 0.717) is 16.9 Å². The second-order valence-corrected chi connectivity index (χ2v) is 9.01. The van der Waals surface area contributed by atoms with Crippen molar-refractivity contribution in [2.45, 2.75) is 13.8 Å². The number of hydrogen-bond donors (Lipinski definition) is 1. The maximum atomic E-state index is 13.5. The number of nitriles is 1. The van der Waals surface area contributed by atoms with Crippen LogP contribution in [0, 0.1) is 35.3 Å². The second-order valence-electron chi connectivity index (χ2n) is 7.98. The van der Waals surface area contributed by atoms with E-state index in [1.165, 1.54) is 28.8 Å². The normalized spacial score (nSPS) is 12.1. The molecule has 4 aromatic rings. The number of hydrogen-bond acceptors (Lipinski definition) is 6. The molecule has 36 heavy (non-hydrogen) atoms. The molecule has 1 N–H and O–H groups in total. The lowest BCUT2D eigenvalue weighted by molar-refractivity contribution is -0.384. The molecule has 0 spiro atoms. The maximum absolute atomic E-state index is 13.5. The van der Waals surface area contributed by atoms with Crippen molar-refractivity contribution in [1.29, 1.82) is 5.26 Å². The smallest absolute Gasteiger partial charge is 0.273 e. The Bertz CT molecular complexity index is 1710. The fraction of sp³-hybridized carbons (Fsp3) is 0.0741. The first-order chi connectivity index (χ1) is 17.3. The molecule has 1 amide bonds. The van der Waals surface area contributed by atoms with E-state index in [-0.39, 0.29) is 20.5 Å². The number of nitro benzene ring substituents is 1. The summed E-state index contributed by atoms with van der Waals surface area (Å²) in [5, 5.41) is 23.8. The topological polar surface area (TPSA) is 118 Å². The van der Waals surface area contributed by atoms with Crippen molar-refractivity contribution < 1.29 is 9.72 Å². The lowest BCUT2D eigenvalue weighted by atomic mass is 10.1. The van der Waals surface area contributed by atoms with Crippen LogP contribution in [0.2, 0.25) is 0 Å². The molecule has 1 aromatic heterocycles. The van der Waals surface area contributed by atoms with Crippen LogP contribution >= 0.6 is 11.3 Å².